The second-order valence-electron chi connectivity index (χ2n) is 7.43. The molecule has 4 rings (SSSR count). The second kappa shape index (κ2) is 9.90. The summed E-state index contributed by atoms with van der Waals surface area (Å²) in [7, 11) is 0. The molecule has 0 saturated carbocycles. The maximum absolute atomic E-state index is 13.4. The fraction of sp³-hybridized carbons (Fsp3) is 0.125. The highest BCUT2D eigenvalue weighted by Crippen LogP contribution is 2.34. The van der Waals surface area contributed by atoms with Gasteiger partial charge < -0.3 is 4.74 Å². The number of aromatic nitrogens is 2. The molecule has 0 fully saturated rings. The van der Waals surface area contributed by atoms with Crippen LogP contribution in [0.5, 0.6) is 5.75 Å². The van der Waals surface area contributed by atoms with Crippen molar-refractivity contribution in [3.05, 3.63) is 96.7 Å². The number of benzene rings is 3. The summed E-state index contributed by atoms with van der Waals surface area (Å²) in [5.74, 6) is -0.208. The average molecular weight is 561 g/mol. The summed E-state index contributed by atoms with van der Waals surface area (Å²) in [5.41, 5.74) is -1.42. The van der Waals surface area contributed by atoms with Gasteiger partial charge in [-0.1, -0.05) is 40.2 Å². The van der Waals surface area contributed by atoms with Crippen LogP contribution in [-0.2, 0) is 6.18 Å². The molecule has 184 valence electrons. The van der Waals surface area contributed by atoms with Crippen LogP contribution in [0.25, 0.3) is 22.3 Å². The van der Waals surface area contributed by atoms with Crippen molar-refractivity contribution in [1.82, 2.24) is 9.66 Å². The molecule has 8 nitrogen and oxygen atoms in total. The topological polar surface area (TPSA) is 99.6 Å². The summed E-state index contributed by atoms with van der Waals surface area (Å²) >= 11 is 3.21. The molecule has 0 amide bonds. The van der Waals surface area contributed by atoms with Crippen LogP contribution >= 0.6 is 15.9 Å². The molecular weight excluding hydrogens is 545 g/mol. The molecule has 0 unspecified atom stereocenters. The number of hydrogen-bond acceptors (Lipinski definition) is 6. The lowest BCUT2D eigenvalue weighted by molar-refractivity contribution is -0.385. The van der Waals surface area contributed by atoms with Gasteiger partial charge in [0.15, 0.2) is 5.82 Å². The monoisotopic (exact) mass is 560 g/mol. The van der Waals surface area contributed by atoms with Crippen LogP contribution in [0, 0.1) is 10.1 Å². The van der Waals surface area contributed by atoms with E-state index in [1.807, 2.05) is 0 Å². The van der Waals surface area contributed by atoms with Crippen LogP contribution in [0.15, 0.2) is 75.0 Å². The minimum absolute atomic E-state index is 0.00934. The Balaban J connectivity index is 1.97. The summed E-state index contributed by atoms with van der Waals surface area (Å²) in [5, 5.41) is 15.9. The van der Waals surface area contributed by atoms with Gasteiger partial charge in [-0.3, -0.25) is 14.9 Å². The molecular formula is C24H16BrF3N4O4. The zero-order chi connectivity index (χ0) is 26.0. The van der Waals surface area contributed by atoms with Gasteiger partial charge in [0.1, 0.15) is 0 Å². The van der Waals surface area contributed by atoms with Gasteiger partial charge in [0.2, 0.25) is 5.75 Å². The standard InChI is InChI=1S/C24H16BrF3N4O4/c1-2-36-21-15(11-17(25)12-20(21)32(34)35)13-29-31-22(14-6-5-7-16(10-14)24(26,27)28)30-19-9-4-3-8-18(19)23(31)33/h3-13H,2H2,1H3. The van der Waals surface area contributed by atoms with Gasteiger partial charge in [-0.25, -0.2) is 4.98 Å². The third-order valence-electron chi connectivity index (χ3n) is 5.06. The summed E-state index contributed by atoms with van der Waals surface area (Å²) in [6.45, 7) is 1.77. The normalized spacial score (nSPS) is 11.8. The van der Waals surface area contributed by atoms with Crippen molar-refractivity contribution >= 4 is 38.7 Å². The van der Waals surface area contributed by atoms with Gasteiger partial charge in [0, 0.05) is 21.7 Å². The fourth-order valence-electron chi connectivity index (χ4n) is 3.51. The Morgan fingerprint density at radius 3 is 2.61 bits per heavy atom. The highest BCUT2D eigenvalue weighted by molar-refractivity contribution is 9.10. The number of nitro groups is 1. The largest absolute Gasteiger partial charge is 0.487 e. The maximum atomic E-state index is 13.4. The van der Waals surface area contributed by atoms with E-state index in [1.54, 1.807) is 25.1 Å². The number of alkyl halides is 3. The summed E-state index contributed by atoms with van der Waals surface area (Å²) < 4.78 is 46.7. The predicted octanol–water partition coefficient (Wildman–Crippen LogP) is 6.03. The molecule has 1 aromatic heterocycles. The SMILES string of the molecule is CCOc1c(C=Nn2c(-c3cccc(C(F)(F)F)c3)nc3ccccc3c2=O)cc(Br)cc1[N+](=O)[O-]. The zero-order valence-corrected chi connectivity index (χ0v) is 20.1. The van der Waals surface area contributed by atoms with E-state index < -0.39 is 22.2 Å². The van der Waals surface area contributed by atoms with Crippen LogP contribution < -0.4 is 10.3 Å². The van der Waals surface area contributed by atoms with E-state index in [0.717, 1.165) is 23.0 Å². The molecule has 0 atom stereocenters. The summed E-state index contributed by atoms with van der Waals surface area (Å²) in [6, 6.07) is 13.5. The first-order chi connectivity index (χ1) is 17.1. The minimum Gasteiger partial charge on any atom is -0.487 e. The second-order valence-corrected chi connectivity index (χ2v) is 8.34. The predicted molar refractivity (Wildman–Crippen MR) is 131 cm³/mol. The first-order valence-corrected chi connectivity index (χ1v) is 11.2. The molecule has 4 aromatic rings. The molecule has 0 bridgehead atoms. The molecule has 0 aliphatic carbocycles. The number of rotatable bonds is 6. The first-order valence-electron chi connectivity index (χ1n) is 10.4. The quantitative estimate of drug-likeness (QED) is 0.163. The van der Waals surface area contributed by atoms with E-state index in [9.17, 15) is 28.1 Å². The molecule has 0 radical (unpaired) electrons. The molecule has 36 heavy (non-hydrogen) atoms. The van der Waals surface area contributed by atoms with E-state index >= 15 is 0 Å². The van der Waals surface area contributed by atoms with E-state index in [4.69, 9.17) is 4.74 Å². The van der Waals surface area contributed by atoms with Gasteiger partial charge in [0.25, 0.3) is 5.56 Å². The van der Waals surface area contributed by atoms with Gasteiger partial charge in [-0.05, 0) is 37.3 Å². The smallest absolute Gasteiger partial charge is 0.416 e. The van der Waals surface area contributed by atoms with Crippen LogP contribution in [0.4, 0.5) is 18.9 Å². The molecule has 3 aromatic carbocycles. The number of ether oxygens (including phenoxy) is 1. The zero-order valence-electron chi connectivity index (χ0n) is 18.5. The molecule has 1 heterocycles. The van der Waals surface area contributed by atoms with Crippen LogP contribution in [-0.4, -0.2) is 27.4 Å². The Labute approximate surface area is 209 Å². The maximum Gasteiger partial charge on any atom is 0.416 e. The highest BCUT2D eigenvalue weighted by atomic mass is 79.9. The summed E-state index contributed by atoms with van der Waals surface area (Å²) in [6.07, 6.45) is -3.44. The lowest BCUT2D eigenvalue weighted by atomic mass is 10.1. The van der Waals surface area contributed by atoms with Crippen molar-refractivity contribution in [3.63, 3.8) is 0 Å². The van der Waals surface area contributed by atoms with Crippen molar-refractivity contribution in [2.24, 2.45) is 5.10 Å². The van der Waals surface area contributed by atoms with E-state index in [0.29, 0.717) is 4.47 Å². The number of fused-ring (bicyclic) bond motifs is 1. The van der Waals surface area contributed by atoms with Crippen molar-refractivity contribution in [2.75, 3.05) is 6.61 Å². The first kappa shape index (κ1) is 25.0. The van der Waals surface area contributed by atoms with E-state index in [2.05, 4.69) is 26.0 Å². The Morgan fingerprint density at radius 1 is 1.17 bits per heavy atom. The number of nitrogens with zero attached hydrogens (tertiary/aromatic N) is 4. The number of para-hydroxylation sites is 1. The van der Waals surface area contributed by atoms with Crippen molar-refractivity contribution in [1.29, 1.82) is 0 Å². The Kier molecular flexibility index (Phi) is 6.88. The molecule has 0 aliphatic rings. The van der Waals surface area contributed by atoms with Crippen molar-refractivity contribution in [2.45, 2.75) is 13.1 Å². The lowest BCUT2D eigenvalue weighted by Gasteiger charge is -2.12. The average Bonchev–Trinajstić information content (AvgIpc) is 2.84. The highest BCUT2D eigenvalue weighted by Gasteiger charge is 2.31. The Morgan fingerprint density at radius 2 is 1.92 bits per heavy atom. The van der Waals surface area contributed by atoms with Crippen molar-refractivity contribution in [3.8, 4) is 17.1 Å². The molecule has 12 heteroatoms. The fourth-order valence-corrected chi connectivity index (χ4v) is 3.97. The van der Waals surface area contributed by atoms with Gasteiger partial charge >= 0.3 is 11.9 Å². The minimum atomic E-state index is -4.61. The molecule has 0 spiro atoms. The molecule has 0 aliphatic heterocycles. The number of halogens is 4. The number of hydrogen-bond donors (Lipinski definition) is 0. The van der Waals surface area contributed by atoms with E-state index in [-0.39, 0.29) is 45.9 Å². The van der Waals surface area contributed by atoms with Crippen LogP contribution in [0.3, 0.4) is 0 Å². The van der Waals surface area contributed by atoms with Crippen LogP contribution in [0.2, 0.25) is 0 Å². The lowest BCUT2D eigenvalue weighted by Crippen LogP contribution is -2.20. The van der Waals surface area contributed by atoms with Gasteiger partial charge in [0.05, 0.1) is 34.2 Å². The summed E-state index contributed by atoms with van der Waals surface area (Å²) in [4.78, 5) is 28.6. The third kappa shape index (κ3) is 4.98. The third-order valence-corrected chi connectivity index (χ3v) is 5.52. The molecule has 0 saturated heterocycles. The van der Waals surface area contributed by atoms with Gasteiger partial charge in [-0.2, -0.15) is 22.9 Å². The Hall–Kier alpha value is -4.06. The molecule has 0 N–H and O–H groups in total. The van der Waals surface area contributed by atoms with E-state index in [1.165, 1.54) is 30.3 Å². The Bertz CT molecular complexity index is 1570. The van der Waals surface area contributed by atoms with Crippen molar-refractivity contribution < 1.29 is 22.8 Å². The van der Waals surface area contributed by atoms with Gasteiger partial charge in [-0.15, -0.1) is 0 Å². The number of nitro benzene ring substituents is 1. The van der Waals surface area contributed by atoms with Crippen LogP contribution in [0.1, 0.15) is 18.1 Å².